The number of aliphatic hydroxyl groups excluding tert-OH is 1. The number of hydroxylamine groups is 1. The van der Waals surface area contributed by atoms with Crippen molar-refractivity contribution in [1.29, 1.82) is 0 Å². The Bertz CT molecular complexity index is 180. The van der Waals surface area contributed by atoms with Gasteiger partial charge < -0.3 is 16.0 Å². The van der Waals surface area contributed by atoms with Gasteiger partial charge in [0, 0.05) is 0 Å². The highest BCUT2D eigenvalue weighted by molar-refractivity contribution is 4.51. The van der Waals surface area contributed by atoms with Gasteiger partial charge in [-0.3, -0.25) is 0 Å². The van der Waals surface area contributed by atoms with Crippen molar-refractivity contribution < 1.29 is 10.3 Å². The van der Waals surface area contributed by atoms with E-state index in [1.54, 1.807) is 0 Å². The molecule has 4 nitrogen and oxygen atoms in total. The van der Waals surface area contributed by atoms with Crippen molar-refractivity contribution in [2.24, 2.45) is 5.73 Å². The minimum Gasteiger partial charge on any atom is -0.377 e. The smallest absolute Gasteiger partial charge is 0.126 e. The summed E-state index contributed by atoms with van der Waals surface area (Å²) < 4.78 is 0. The van der Waals surface area contributed by atoms with Gasteiger partial charge in [0.2, 0.25) is 0 Å². The zero-order valence-electron chi connectivity index (χ0n) is 13.2. The predicted octanol–water partition coefficient (Wildman–Crippen LogP) is 3.70. The Kier molecular flexibility index (Phi) is 16.8. The fourth-order valence-corrected chi connectivity index (χ4v) is 2.49. The molecule has 0 spiro atoms. The molecule has 0 heterocycles. The fraction of sp³-hybridized carbons (Fsp3) is 1.00. The summed E-state index contributed by atoms with van der Waals surface area (Å²) in [7, 11) is 0. The monoisotopic (exact) mass is 288 g/mol. The fourth-order valence-electron chi connectivity index (χ4n) is 2.49. The third-order valence-electron chi connectivity index (χ3n) is 3.83. The maximum Gasteiger partial charge on any atom is 0.126 e. The molecule has 0 aromatic rings. The first-order chi connectivity index (χ1) is 9.81. The van der Waals surface area contributed by atoms with E-state index in [0.29, 0.717) is 6.42 Å². The quantitative estimate of drug-likeness (QED) is 0.198. The molecule has 0 aliphatic rings. The number of hydrogen-bond donors (Lipinski definition) is 4. The summed E-state index contributed by atoms with van der Waals surface area (Å²) >= 11 is 0. The third-order valence-corrected chi connectivity index (χ3v) is 3.83. The van der Waals surface area contributed by atoms with E-state index in [-0.39, 0.29) is 0 Å². The Morgan fingerprint density at radius 1 is 0.650 bits per heavy atom. The minimum absolute atomic E-state index is 0.640. The number of rotatable bonds is 16. The van der Waals surface area contributed by atoms with Crippen molar-refractivity contribution in [2.75, 3.05) is 6.54 Å². The normalized spacial score (nSPS) is 12.8. The molecule has 0 saturated carbocycles. The van der Waals surface area contributed by atoms with Gasteiger partial charge in [-0.15, -0.1) is 0 Å². The van der Waals surface area contributed by atoms with Gasteiger partial charge in [0.05, 0.1) is 0 Å². The first-order valence-corrected chi connectivity index (χ1v) is 8.59. The molecule has 4 heteroatoms. The molecule has 122 valence electrons. The summed E-state index contributed by atoms with van der Waals surface area (Å²) in [6, 6.07) is 0. The lowest BCUT2D eigenvalue weighted by Crippen LogP contribution is -2.24. The zero-order valence-corrected chi connectivity index (χ0v) is 13.2. The maximum atomic E-state index is 9.08. The van der Waals surface area contributed by atoms with Gasteiger partial charge in [-0.1, -0.05) is 70.6 Å². The van der Waals surface area contributed by atoms with Crippen LogP contribution in [0.5, 0.6) is 0 Å². The topological polar surface area (TPSA) is 78.5 Å². The number of unbranched alkanes of at least 4 members (excludes halogenated alkanes) is 12. The molecular weight excluding hydrogens is 252 g/mol. The van der Waals surface area contributed by atoms with Crippen LogP contribution in [-0.4, -0.2) is 23.1 Å². The van der Waals surface area contributed by atoms with Crippen molar-refractivity contribution in [2.45, 2.75) is 96.1 Å². The molecule has 0 amide bonds. The molecule has 1 atom stereocenters. The van der Waals surface area contributed by atoms with Crippen molar-refractivity contribution in [3.8, 4) is 0 Å². The second-order valence-corrected chi connectivity index (χ2v) is 5.82. The van der Waals surface area contributed by atoms with Crippen LogP contribution in [0.15, 0.2) is 0 Å². The lowest BCUT2D eigenvalue weighted by molar-refractivity contribution is -0.00393. The van der Waals surface area contributed by atoms with E-state index in [2.05, 4.69) is 0 Å². The van der Waals surface area contributed by atoms with Crippen LogP contribution in [0.2, 0.25) is 0 Å². The first kappa shape index (κ1) is 19.8. The summed E-state index contributed by atoms with van der Waals surface area (Å²) in [6.07, 6.45) is 16.7. The average molecular weight is 288 g/mol. The Hall–Kier alpha value is -0.160. The molecule has 0 bridgehead atoms. The van der Waals surface area contributed by atoms with Gasteiger partial charge in [0.15, 0.2) is 0 Å². The molecule has 5 N–H and O–H groups in total. The van der Waals surface area contributed by atoms with E-state index in [4.69, 9.17) is 16.0 Å². The summed E-state index contributed by atoms with van der Waals surface area (Å²) in [5, 5.41) is 17.5. The van der Waals surface area contributed by atoms with Gasteiger partial charge in [-0.05, 0) is 25.8 Å². The minimum atomic E-state index is -0.750. The Labute approximate surface area is 125 Å². The number of nitrogens with two attached hydrogens (primary N) is 1. The van der Waals surface area contributed by atoms with Gasteiger partial charge >= 0.3 is 0 Å². The molecule has 0 aliphatic carbocycles. The van der Waals surface area contributed by atoms with E-state index in [1.165, 1.54) is 70.6 Å². The highest BCUT2D eigenvalue weighted by atomic mass is 16.5. The van der Waals surface area contributed by atoms with Crippen molar-refractivity contribution in [1.82, 2.24) is 5.48 Å². The van der Waals surface area contributed by atoms with E-state index in [1.807, 2.05) is 5.48 Å². The molecule has 0 aromatic carbocycles. The lowest BCUT2D eigenvalue weighted by Gasteiger charge is -2.07. The molecule has 20 heavy (non-hydrogen) atoms. The van der Waals surface area contributed by atoms with Gasteiger partial charge in [-0.25, -0.2) is 0 Å². The van der Waals surface area contributed by atoms with Crippen LogP contribution in [0.25, 0.3) is 0 Å². The number of aliphatic hydroxyl groups is 1. The van der Waals surface area contributed by atoms with Crippen LogP contribution < -0.4 is 11.2 Å². The van der Waals surface area contributed by atoms with Crippen molar-refractivity contribution >= 4 is 0 Å². The van der Waals surface area contributed by atoms with Crippen LogP contribution in [0.1, 0.15) is 89.9 Å². The van der Waals surface area contributed by atoms with Crippen LogP contribution >= 0.6 is 0 Å². The van der Waals surface area contributed by atoms with Gasteiger partial charge in [-0.2, -0.15) is 5.48 Å². The van der Waals surface area contributed by atoms with Crippen LogP contribution in [-0.2, 0) is 0 Å². The summed E-state index contributed by atoms with van der Waals surface area (Å²) in [5.74, 6) is 0. The Balaban J connectivity index is 2.96. The third kappa shape index (κ3) is 15.9. The Morgan fingerprint density at radius 2 is 1.00 bits per heavy atom. The summed E-state index contributed by atoms with van der Waals surface area (Å²) in [4.78, 5) is 0. The second kappa shape index (κ2) is 16.9. The van der Waals surface area contributed by atoms with Crippen LogP contribution in [0, 0.1) is 0 Å². The molecule has 0 aliphatic heterocycles. The Morgan fingerprint density at radius 3 is 1.35 bits per heavy atom. The highest BCUT2D eigenvalue weighted by Gasteiger charge is 1.99. The molecule has 1 unspecified atom stereocenters. The van der Waals surface area contributed by atoms with Gasteiger partial charge in [0.1, 0.15) is 6.23 Å². The van der Waals surface area contributed by atoms with Gasteiger partial charge in [0.25, 0.3) is 0 Å². The summed E-state index contributed by atoms with van der Waals surface area (Å²) in [5.41, 5.74) is 7.32. The lowest BCUT2D eigenvalue weighted by atomic mass is 10.0. The largest absolute Gasteiger partial charge is 0.377 e. The summed E-state index contributed by atoms with van der Waals surface area (Å²) in [6.45, 7) is 0.843. The molecule has 0 fully saturated rings. The van der Waals surface area contributed by atoms with Crippen molar-refractivity contribution in [3.05, 3.63) is 0 Å². The van der Waals surface area contributed by atoms with Crippen LogP contribution in [0.4, 0.5) is 0 Å². The van der Waals surface area contributed by atoms with E-state index in [0.717, 1.165) is 19.4 Å². The number of hydrogen-bond acceptors (Lipinski definition) is 4. The predicted molar refractivity (Wildman–Crippen MR) is 84.6 cm³/mol. The molecule has 0 saturated heterocycles. The number of nitrogens with one attached hydrogen (secondary N) is 1. The van der Waals surface area contributed by atoms with Crippen LogP contribution in [0.3, 0.4) is 0 Å². The molecular formula is C16H36N2O2. The molecule has 0 radical (unpaired) electrons. The van der Waals surface area contributed by atoms with Crippen molar-refractivity contribution in [3.63, 3.8) is 0 Å². The standard InChI is InChI=1S/C16H36N2O2/c17-15-13-11-9-7-5-3-1-2-4-6-8-10-12-14-16(19)18-20/h16,18-20H,1-15,17H2. The highest BCUT2D eigenvalue weighted by Crippen LogP contribution is 2.13. The SMILES string of the molecule is NCCCCCCCCCCCCCCCC(O)NO. The molecule has 0 rings (SSSR count). The van der Waals surface area contributed by atoms with E-state index in [9.17, 15) is 0 Å². The van der Waals surface area contributed by atoms with E-state index < -0.39 is 6.23 Å². The molecule has 0 aromatic heterocycles. The zero-order chi connectivity index (χ0) is 14.9. The average Bonchev–Trinajstić information content (AvgIpc) is 2.47. The van der Waals surface area contributed by atoms with E-state index >= 15 is 0 Å². The second-order valence-electron chi connectivity index (χ2n) is 5.82. The maximum absolute atomic E-state index is 9.08. The first-order valence-electron chi connectivity index (χ1n) is 8.59.